The van der Waals surface area contributed by atoms with Crippen molar-refractivity contribution in [1.29, 1.82) is 0 Å². The number of benzene rings is 1. The van der Waals surface area contributed by atoms with Crippen molar-refractivity contribution in [3.63, 3.8) is 0 Å². The first-order valence-corrected chi connectivity index (χ1v) is 6.69. The average molecular weight is 280 g/mol. The molecule has 0 unspecified atom stereocenters. The van der Waals surface area contributed by atoms with Crippen molar-refractivity contribution in [2.24, 2.45) is 7.05 Å². The molecule has 6 heteroatoms. The molecule has 0 saturated heterocycles. The number of carboxylic acids is 1. The van der Waals surface area contributed by atoms with E-state index in [2.05, 4.69) is 5.10 Å². The number of aromatic carboxylic acids is 1. The number of aryl methyl sites for hydroxylation is 2. The van der Waals surface area contributed by atoms with Gasteiger partial charge in [0.1, 0.15) is 5.82 Å². The number of halogens is 1. The van der Waals surface area contributed by atoms with Gasteiger partial charge in [-0.2, -0.15) is 5.10 Å². The molecule has 0 atom stereocenters. The number of carboxylic acid groups (broad SMARTS) is 1. The van der Waals surface area contributed by atoms with E-state index in [0.29, 0.717) is 0 Å². The Morgan fingerprint density at radius 1 is 1.47 bits per heavy atom. The Labute approximate surface area is 114 Å². The van der Waals surface area contributed by atoms with Crippen LogP contribution >= 0.6 is 11.8 Å². The lowest BCUT2D eigenvalue weighted by atomic mass is 10.2. The van der Waals surface area contributed by atoms with Gasteiger partial charge in [0.2, 0.25) is 0 Å². The quantitative estimate of drug-likeness (QED) is 0.855. The minimum absolute atomic E-state index is 0.287. The first-order valence-electron chi connectivity index (χ1n) is 5.70. The topological polar surface area (TPSA) is 55.1 Å². The van der Waals surface area contributed by atoms with Gasteiger partial charge in [-0.3, -0.25) is 4.68 Å². The zero-order valence-corrected chi connectivity index (χ0v) is 11.2. The van der Waals surface area contributed by atoms with Gasteiger partial charge in [-0.15, -0.1) is 11.8 Å². The Hall–Kier alpha value is -1.82. The van der Waals surface area contributed by atoms with E-state index in [1.165, 1.54) is 23.9 Å². The van der Waals surface area contributed by atoms with Crippen LogP contribution in [0.3, 0.4) is 0 Å². The molecular formula is C13H13FN2O2S. The predicted molar refractivity (Wildman–Crippen MR) is 71.0 cm³/mol. The van der Waals surface area contributed by atoms with E-state index in [0.717, 1.165) is 22.8 Å². The molecule has 1 aromatic carbocycles. The molecule has 1 heterocycles. The molecule has 2 aromatic rings. The number of rotatable bonds is 5. The highest BCUT2D eigenvalue weighted by atomic mass is 32.2. The second-order valence-electron chi connectivity index (χ2n) is 3.99. The lowest BCUT2D eigenvalue weighted by Crippen LogP contribution is -2.01. The Bertz CT molecular complexity index is 598. The summed E-state index contributed by atoms with van der Waals surface area (Å²) in [6.07, 6.45) is 2.56. The van der Waals surface area contributed by atoms with E-state index in [-0.39, 0.29) is 5.56 Å². The molecule has 0 fully saturated rings. The standard InChI is InChI=1S/C13H13FN2O2S/c1-16-9(4-6-15-16)5-7-19-10-2-3-12(14)11(8-10)13(17)18/h2-4,6,8H,5,7H2,1H3,(H,17,18). The zero-order valence-electron chi connectivity index (χ0n) is 10.3. The summed E-state index contributed by atoms with van der Waals surface area (Å²) in [7, 11) is 1.88. The number of hydrogen-bond donors (Lipinski definition) is 1. The van der Waals surface area contributed by atoms with Gasteiger partial charge in [0.15, 0.2) is 0 Å². The Morgan fingerprint density at radius 3 is 2.89 bits per heavy atom. The van der Waals surface area contributed by atoms with Gasteiger partial charge < -0.3 is 5.11 Å². The van der Waals surface area contributed by atoms with E-state index < -0.39 is 11.8 Å². The van der Waals surface area contributed by atoms with Crippen LogP contribution in [0.1, 0.15) is 16.1 Å². The van der Waals surface area contributed by atoms with Crippen LogP contribution in [0.2, 0.25) is 0 Å². The van der Waals surface area contributed by atoms with Gasteiger partial charge in [0.25, 0.3) is 0 Å². The summed E-state index contributed by atoms with van der Waals surface area (Å²) in [5.74, 6) is -1.17. The molecule has 4 nitrogen and oxygen atoms in total. The summed E-state index contributed by atoms with van der Waals surface area (Å²) in [6, 6.07) is 6.09. The summed E-state index contributed by atoms with van der Waals surface area (Å²) in [5, 5.41) is 12.9. The minimum atomic E-state index is -1.24. The van der Waals surface area contributed by atoms with Gasteiger partial charge in [-0.1, -0.05) is 0 Å². The van der Waals surface area contributed by atoms with Gasteiger partial charge >= 0.3 is 5.97 Å². The first-order chi connectivity index (χ1) is 9.08. The SMILES string of the molecule is Cn1nccc1CCSc1ccc(F)c(C(=O)O)c1. The minimum Gasteiger partial charge on any atom is -0.478 e. The van der Waals surface area contributed by atoms with E-state index in [1.54, 1.807) is 16.9 Å². The number of nitrogens with zero attached hydrogens (tertiary/aromatic N) is 2. The molecule has 0 aliphatic rings. The van der Waals surface area contributed by atoms with Crippen LogP contribution in [-0.4, -0.2) is 26.6 Å². The third-order valence-electron chi connectivity index (χ3n) is 2.72. The summed E-state index contributed by atoms with van der Waals surface area (Å²) in [5.41, 5.74) is 0.818. The van der Waals surface area contributed by atoms with Crippen molar-refractivity contribution in [3.05, 3.63) is 47.5 Å². The van der Waals surface area contributed by atoms with Crippen molar-refractivity contribution in [2.75, 3.05) is 5.75 Å². The average Bonchev–Trinajstić information content (AvgIpc) is 2.77. The van der Waals surface area contributed by atoms with Gasteiger partial charge in [-0.05, 0) is 30.7 Å². The van der Waals surface area contributed by atoms with Gasteiger partial charge in [0.05, 0.1) is 5.56 Å². The maximum Gasteiger partial charge on any atom is 0.338 e. The molecule has 0 spiro atoms. The largest absolute Gasteiger partial charge is 0.478 e. The number of hydrogen-bond acceptors (Lipinski definition) is 3. The Kier molecular flexibility index (Phi) is 4.21. The summed E-state index contributed by atoms with van der Waals surface area (Å²) in [4.78, 5) is 11.6. The normalized spacial score (nSPS) is 10.6. The molecule has 2 rings (SSSR count). The van der Waals surface area contributed by atoms with Gasteiger partial charge in [0, 0.05) is 29.6 Å². The highest BCUT2D eigenvalue weighted by Crippen LogP contribution is 2.22. The highest BCUT2D eigenvalue weighted by molar-refractivity contribution is 7.99. The molecule has 1 N–H and O–H groups in total. The van der Waals surface area contributed by atoms with Crippen molar-refractivity contribution >= 4 is 17.7 Å². The molecule has 19 heavy (non-hydrogen) atoms. The lowest BCUT2D eigenvalue weighted by Gasteiger charge is -2.04. The monoisotopic (exact) mass is 280 g/mol. The summed E-state index contributed by atoms with van der Waals surface area (Å²) in [6.45, 7) is 0. The molecule has 0 saturated carbocycles. The second kappa shape index (κ2) is 5.88. The summed E-state index contributed by atoms with van der Waals surface area (Å²) >= 11 is 1.50. The Morgan fingerprint density at radius 2 is 2.26 bits per heavy atom. The van der Waals surface area contributed by atoms with Crippen LogP contribution in [0.5, 0.6) is 0 Å². The van der Waals surface area contributed by atoms with Crippen LogP contribution in [0, 0.1) is 5.82 Å². The van der Waals surface area contributed by atoms with Gasteiger partial charge in [-0.25, -0.2) is 9.18 Å². The molecule has 100 valence electrons. The van der Waals surface area contributed by atoms with Crippen molar-refractivity contribution < 1.29 is 14.3 Å². The van der Waals surface area contributed by atoms with Crippen LogP contribution in [0.15, 0.2) is 35.4 Å². The first kappa shape index (κ1) is 13.6. The van der Waals surface area contributed by atoms with Crippen LogP contribution in [0.4, 0.5) is 4.39 Å². The fourth-order valence-electron chi connectivity index (χ4n) is 1.68. The van der Waals surface area contributed by atoms with E-state index in [1.807, 2.05) is 13.1 Å². The lowest BCUT2D eigenvalue weighted by molar-refractivity contribution is 0.0691. The number of carbonyl (C=O) groups is 1. The van der Waals surface area contributed by atoms with Crippen molar-refractivity contribution in [1.82, 2.24) is 9.78 Å². The smallest absolute Gasteiger partial charge is 0.338 e. The maximum atomic E-state index is 13.2. The van der Waals surface area contributed by atoms with Crippen LogP contribution in [0.25, 0.3) is 0 Å². The molecule has 1 aromatic heterocycles. The van der Waals surface area contributed by atoms with E-state index >= 15 is 0 Å². The number of aromatic nitrogens is 2. The molecular weight excluding hydrogens is 267 g/mol. The van der Waals surface area contributed by atoms with Crippen LogP contribution in [-0.2, 0) is 13.5 Å². The van der Waals surface area contributed by atoms with E-state index in [9.17, 15) is 9.18 Å². The number of thioether (sulfide) groups is 1. The molecule has 0 bridgehead atoms. The fraction of sp³-hybridized carbons (Fsp3) is 0.231. The maximum absolute atomic E-state index is 13.2. The predicted octanol–water partition coefficient (Wildman–Crippen LogP) is 2.59. The molecule has 0 radical (unpaired) electrons. The zero-order chi connectivity index (χ0) is 13.8. The second-order valence-corrected chi connectivity index (χ2v) is 5.16. The van der Waals surface area contributed by atoms with Crippen molar-refractivity contribution in [3.8, 4) is 0 Å². The molecule has 0 aliphatic carbocycles. The van der Waals surface area contributed by atoms with E-state index in [4.69, 9.17) is 5.11 Å². The third-order valence-corrected chi connectivity index (χ3v) is 3.71. The third kappa shape index (κ3) is 3.35. The molecule has 0 aliphatic heterocycles. The summed E-state index contributed by atoms with van der Waals surface area (Å²) < 4.78 is 15.0. The fourth-order valence-corrected chi connectivity index (χ4v) is 2.59. The Balaban J connectivity index is 1.98. The molecule has 0 amide bonds. The highest BCUT2D eigenvalue weighted by Gasteiger charge is 2.11. The van der Waals surface area contributed by atoms with Crippen LogP contribution < -0.4 is 0 Å². The van der Waals surface area contributed by atoms with Crippen molar-refractivity contribution in [2.45, 2.75) is 11.3 Å².